The fourth-order valence-electron chi connectivity index (χ4n) is 4.13. The highest BCUT2D eigenvalue weighted by molar-refractivity contribution is 5.95. The molecule has 1 amide bonds. The Morgan fingerprint density at radius 1 is 1.46 bits per heavy atom. The Kier molecular flexibility index (Phi) is 4.68. The molecule has 0 aromatic carbocycles. The van der Waals surface area contributed by atoms with Crippen molar-refractivity contribution in [2.24, 2.45) is 5.92 Å². The first-order chi connectivity index (χ1) is 12.7. The highest BCUT2D eigenvalue weighted by Gasteiger charge is 2.48. The summed E-state index contributed by atoms with van der Waals surface area (Å²) in [5, 5.41) is 0. The molecule has 4 rings (SSSR count). The van der Waals surface area contributed by atoms with Crippen LogP contribution in [0.3, 0.4) is 0 Å². The Morgan fingerprint density at radius 2 is 2.38 bits per heavy atom. The van der Waals surface area contributed by atoms with Gasteiger partial charge in [0.1, 0.15) is 11.5 Å². The van der Waals surface area contributed by atoms with E-state index >= 15 is 0 Å². The molecule has 1 aliphatic carbocycles. The van der Waals surface area contributed by atoms with Crippen LogP contribution in [0.4, 0.5) is 0 Å². The molecule has 2 fully saturated rings. The molecule has 2 aromatic heterocycles. The van der Waals surface area contributed by atoms with Gasteiger partial charge in [0.05, 0.1) is 43.4 Å². The molecule has 2 aromatic rings. The van der Waals surface area contributed by atoms with Crippen molar-refractivity contribution < 1.29 is 18.7 Å². The minimum absolute atomic E-state index is 0.0257. The van der Waals surface area contributed by atoms with Crippen LogP contribution in [-0.2, 0) is 4.74 Å². The van der Waals surface area contributed by atoms with E-state index in [1.807, 2.05) is 24.0 Å². The summed E-state index contributed by atoms with van der Waals surface area (Å²) >= 11 is 0. The summed E-state index contributed by atoms with van der Waals surface area (Å²) in [6.07, 6.45) is 8.12. The zero-order valence-electron chi connectivity index (χ0n) is 15.0. The van der Waals surface area contributed by atoms with Crippen LogP contribution in [0.1, 0.15) is 35.4 Å². The van der Waals surface area contributed by atoms with E-state index in [1.165, 1.54) is 0 Å². The molecule has 138 valence electrons. The van der Waals surface area contributed by atoms with Crippen molar-refractivity contribution in [1.82, 2.24) is 9.88 Å². The second-order valence-corrected chi connectivity index (χ2v) is 7.12. The summed E-state index contributed by atoms with van der Waals surface area (Å²) in [5.41, 5.74) is 0.330. The van der Waals surface area contributed by atoms with Crippen molar-refractivity contribution in [3.05, 3.63) is 48.2 Å². The summed E-state index contributed by atoms with van der Waals surface area (Å²) in [6, 6.07) is 5.52. The fourth-order valence-corrected chi connectivity index (χ4v) is 4.13. The first-order valence-electron chi connectivity index (χ1n) is 9.18. The number of rotatable bonds is 4. The molecular weight excluding hydrogens is 332 g/mol. The van der Waals surface area contributed by atoms with Gasteiger partial charge in [-0.25, -0.2) is 0 Å². The third-order valence-electron chi connectivity index (χ3n) is 5.57. The van der Waals surface area contributed by atoms with E-state index in [4.69, 9.17) is 13.9 Å². The van der Waals surface area contributed by atoms with Gasteiger partial charge in [-0.3, -0.25) is 9.78 Å². The average molecular weight is 356 g/mol. The van der Waals surface area contributed by atoms with Crippen LogP contribution in [0, 0.1) is 12.8 Å². The largest absolute Gasteiger partial charge is 0.492 e. The minimum Gasteiger partial charge on any atom is -0.492 e. The van der Waals surface area contributed by atoms with Crippen molar-refractivity contribution in [2.75, 3.05) is 26.3 Å². The molecule has 0 radical (unpaired) electrons. The van der Waals surface area contributed by atoms with Crippen LogP contribution in [0.5, 0.6) is 5.75 Å². The Balaban J connectivity index is 1.46. The van der Waals surface area contributed by atoms with Gasteiger partial charge in [0.25, 0.3) is 5.91 Å². The second-order valence-electron chi connectivity index (χ2n) is 7.12. The molecule has 1 saturated heterocycles. The van der Waals surface area contributed by atoms with Crippen LogP contribution >= 0.6 is 0 Å². The third-order valence-corrected chi connectivity index (χ3v) is 5.57. The highest BCUT2D eigenvalue weighted by Crippen LogP contribution is 2.41. The normalized spacial score (nSPS) is 25.6. The number of pyridine rings is 1. The number of aromatic nitrogens is 1. The lowest BCUT2D eigenvalue weighted by Crippen LogP contribution is -2.56. The summed E-state index contributed by atoms with van der Waals surface area (Å²) < 4.78 is 17.5. The SMILES string of the molecule is Cc1occc1C(=O)N1CCO[C@]2(CCC[C@H]2COc2cccnc2)C1. The quantitative estimate of drug-likeness (QED) is 0.842. The van der Waals surface area contributed by atoms with E-state index in [1.54, 1.807) is 24.7 Å². The van der Waals surface area contributed by atoms with Crippen molar-refractivity contribution in [3.63, 3.8) is 0 Å². The maximum atomic E-state index is 12.9. The van der Waals surface area contributed by atoms with Crippen molar-refractivity contribution in [3.8, 4) is 5.75 Å². The smallest absolute Gasteiger partial charge is 0.257 e. The van der Waals surface area contributed by atoms with Gasteiger partial charge >= 0.3 is 0 Å². The molecule has 1 spiro atoms. The van der Waals surface area contributed by atoms with Crippen LogP contribution in [0.25, 0.3) is 0 Å². The second kappa shape index (κ2) is 7.11. The van der Waals surface area contributed by atoms with Gasteiger partial charge in [-0.1, -0.05) is 0 Å². The van der Waals surface area contributed by atoms with Crippen LogP contribution in [-0.4, -0.2) is 47.7 Å². The predicted molar refractivity (Wildman–Crippen MR) is 95.1 cm³/mol. The molecule has 0 unspecified atom stereocenters. The summed E-state index contributed by atoms with van der Waals surface area (Å²) in [6.45, 7) is 4.19. The summed E-state index contributed by atoms with van der Waals surface area (Å²) in [4.78, 5) is 18.9. The lowest BCUT2D eigenvalue weighted by atomic mass is 9.89. The average Bonchev–Trinajstić information content (AvgIpc) is 3.26. The van der Waals surface area contributed by atoms with Gasteiger partial charge in [-0.05, 0) is 44.4 Å². The number of hydrogen-bond donors (Lipinski definition) is 0. The Morgan fingerprint density at radius 3 is 3.15 bits per heavy atom. The van der Waals surface area contributed by atoms with E-state index < -0.39 is 0 Å². The number of nitrogens with zero attached hydrogens (tertiary/aromatic N) is 2. The number of carbonyl (C=O) groups excluding carboxylic acids is 1. The standard InChI is InChI=1S/C20H24N2O4/c1-15-18(6-10-24-15)19(23)22-9-11-26-20(14-22)7-2-4-16(20)13-25-17-5-3-8-21-12-17/h3,5-6,8,10,12,16H,2,4,7,9,11,13-14H2,1H3/t16-,20+/m0/s1. The maximum Gasteiger partial charge on any atom is 0.257 e. The van der Waals surface area contributed by atoms with Gasteiger partial charge in [0.2, 0.25) is 0 Å². The van der Waals surface area contributed by atoms with Gasteiger partial charge in [0, 0.05) is 18.7 Å². The van der Waals surface area contributed by atoms with E-state index in [0.717, 1.165) is 25.0 Å². The summed E-state index contributed by atoms with van der Waals surface area (Å²) in [7, 11) is 0. The van der Waals surface area contributed by atoms with E-state index in [9.17, 15) is 4.79 Å². The van der Waals surface area contributed by atoms with Gasteiger partial charge in [-0.15, -0.1) is 0 Å². The highest BCUT2D eigenvalue weighted by atomic mass is 16.5. The maximum absolute atomic E-state index is 12.9. The zero-order chi connectivity index (χ0) is 18.0. The molecule has 1 saturated carbocycles. The zero-order valence-corrected chi connectivity index (χ0v) is 15.0. The molecule has 6 nitrogen and oxygen atoms in total. The lowest BCUT2D eigenvalue weighted by molar-refractivity contribution is -0.126. The Hall–Kier alpha value is -2.34. The number of morpholine rings is 1. The van der Waals surface area contributed by atoms with Crippen molar-refractivity contribution in [1.29, 1.82) is 0 Å². The number of hydrogen-bond acceptors (Lipinski definition) is 5. The monoisotopic (exact) mass is 356 g/mol. The van der Waals surface area contributed by atoms with Crippen molar-refractivity contribution >= 4 is 5.91 Å². The molecule has 0 bridgehead atoms. The van der Waals surface area contributed by atoms with E-state index in [0.29, 0.717) is 37.6 Å². The van der Waals surface area contributed by atoms with Gasteiger partial charge in [0.15, 0.2) is 0 Å². The number of aryl methyl sites for hydroxylation is 1. The van der Waals surface area contributed by atoms with Gasteiger partial charge < -0.3 is 18.8 Å². The fraction of sp³-hybridized carbons (Fsp3) is 0.500. The Bertz CT molecular complexity index is 760. The number of furan rings is 1. The minimum atomic E-state index is -0.312. The predicted octanol–water partition coefficient (Wildman–Crippen LogP) is 3.07. The molecule has 2 atom stereocenters. The Labute approximate surface area is 153 Å². The van der Waals surface area contributed by atoms with Crippen LogP contribution < -0.4 is 4.74 Å². The lowest BCUT2D eigenvalue weighted by Gasteiger charge is -2.44. The first-order valence-corrected chi connectivity index (χ1v) is 9.18. The van der Waals surface area contributed by atoms with Crippen molar-refractivity contribution in [2.45, 2.75) is 31.8 Å². The van der Waals surface area contributed by atoms with E-state index in [2.05, 4.69) is 4.98 Å². The molecule has 2 aliphatic rings. The van der Waals surface area contributed by atoms with Crippen LogP contribution in [0.2, 0.25) is 0 Å². The first kappa shape index (κ1) is 17.1. The molecule has 1 aliphatic heterocycles. The molecule has 6 heteroatoms. The summed E-state index contributed by atoms with van der Waals surface area (Å²) in [5.74, 6) is 1.73. The topological polar surface area (TPSA) is 64.8 Å². The van der Waals surface area contributed by atoms with Crippen LogP contribution in [0.15, 0.2) is 41.3 Å². The number of amides is 1. The molecule has 0 N–H and O–H groups in total. The van der Waals surface area contributed by atoms with Gasteiger partial charge in [-0.2, -0.15) is 0 Å². The number of ether oxygens (including phenoxy) is 2. The molecular formula is C20H24N2O4. The van der Waals surface area contributed by atoms with E-state index in [-0.39, 0.29) is 17.4 Å². The molecule has 26 heavy (non-hydrogen) atoms. The number of carbonyl (C=O) groups is 1. The molecule has 3 heterocycles. The third kappa shape index (κ3) is 3.21.